The number of aromatic nitrogens is 2. The Hall–Kier alpha value is -1.79. The van der Waals surface area contributed by atoms with E-state index in [0.717, 1.165) is 22.8 Å². The molecule has 2 aromatic rings. The van der Waals surface area contributed by atoms with Gasteiger partial charge in [-0.3, -0.25) is 9.78 Å². The molecule has 0 aromatic carbocycles. The first-order chi connectivity index (χ1) is 10.2. The third kappa shape index (κ3) is 4.34. The van der Waals surface area contributed by atoms with E-state index in [1.54, 1.807) is 6.20 Å². The van der Waals surface area contributed by atoms with Crippen LogP contribution in [0, 0.1) is 6.92 Å². The maximum Gasteiger partial charge on any atom is 0.263 e. The van der Waals surface area contributed by atoms with E-state index in [-0.39, 0.29) is 5.91 Å². The van der Waals surface area contributed by atoms with Crippen LogP contribution in [0.4, 0.5) is 0 Å². The normalized spacial score (nSPS) is 10.6. The van der Waals surface area contributed by atoms with Gasteiger partial charge >= 0.3 is 0 Å². The van der Waals surface area contributed by atoms with Crippen molar-refractivity contribution in [2.75, 3.05) is 19.8 Å². The van der Waals surface area contributed by atoms with Gasteiger partial charge in [0.25, 0.3) is 5.91 Å². The molecule has 0 aliphatic rings. The molecule has 1 amide bonds. The number of hydrogen-bond donors (Lipinski definition) is 1. The zero-order chi connectivity index (χ0) is 15.1. The van der Waals surface area contributed by atoms with E-state index >= 15 is 0 Å². The van der Waals surface area contributed by atoms with Crippen molar-refractivity contribution in [3.63, 3.8) is 0 Å². The zero-order valence-corrected chi connectivity index (χ0v) is 13.1. The lowest BCUT2D eigenvalue weighted by Gasteiger charge is -2.04. The zero-order valence-electron chi connectivity index (χ0n) is 12.3. The maximum atomic E-state index is 12.1. The van der Waals surface area contributed by atoms with E-state index in [1.165, 1.54) is 11.3 Å². The van der Waals surface area contributed by atoms with Crippen molar-refractivity contribution in [1.29, 1.82) is 0 Å². The van der Waals surface area contributed by atoms with Gasteiger partial charge in [-0.05, 0) is 32.4 Å². The van der Waals surface area contributed by atoms with E-state index < -0.39 is 0 Å². The second-order valence-electron chi connectivity index (χ2n) is 4.45. The van der Waals surface area contributed by atoms with E-state index in [4.69, 9.17) is 4.74 Å². The summed E-state index contributed by atoms with van der Waals surface area (Å²) in [6.07, 6.45) is 2.53. The van der Waals surface area contributed by atoms with Gasteiger partial charge in [-0.2, -0.15) is 0 Å². The molecule has 112 valence electrons. The molecule has 0 radical (unpaired) electrons. The van der Waals surface area contributed by atoms with Crippen LogP contribution in [0.3, 0.4) is 0 Å². The summed E-state index contributed by atoms with van der Waals surface area (Å²) in [4.78, 5) is 21.5. The second kappa shape index (κ2) is 7.85. The highest BCUT2D eigenvalue weighted by Crippen LogP contribution is 2.26. The summed E-state index contributed by atoms with van der Waals surface area (Å²) in [6.45, 7) is 5.78. The number of aryl methyl sites for hydroxylation is 1. The van der Waals surface area contributed by atoms with Crippen LogP contribution in [0.5, 0.6) is 0 Å². The molecular weight excluding hydrogens is 286 g/mol. The van der Waals surface area contributed by atoms with Gasteiger partial charge in [0.2, 0.25) is 0 Å². The van der Waals surface area contributed by atoms with Crippen LogP contribution >= 0.6 is 11.3 Å². The summed E-state index contributed by atoms with van der Waals surface area (Å²) in [6, 6.07) is 5.66. The summed E-state index contributed by atoms with van der Waals surface area (Å²) >= 11 is 1.37. The van der Waals surface area contributed by atoms with Gasteiger partial charge in [0, 0.05) is 26.0 Å². The predicted octanol–water partition coefficient (Wildman–Crippen LogP) is 2.67. The molecule has 0 unspecified atom stereocenters. The van der Waals surface area contributed by atoms with Gasteiger partial charge in [-0.1, -0.05) is 6.07 Å². The highest BCUT2D eigenvalue weighted by molar-refractivity contribution is 7.17. The first-order valence-electron chi connectivity index (χ1n) is 6.97. The van der Waals surface area contributed by atoms with Crippen molar-refractivity contribution in [3.05, 3.63) is 35.0 Å². The average Bonchev–Trinajstić information content (AvgIpc) is 2.90. The van der Waals surface area contributed by atoms with Crippen LogP contribution in [-0.4, -0.2) is 35.6 Å². The van der Waals surface area contributed by atoms with Crippen molar-refractivity contribution in [1.82, 2.24) is 15.3 Å². The molecular formula is C15H19N3O2S. The summed E-state index contributed by atoms with van der Waals surface area (Å²) in [5.41, 5.74) is 1.53. The Bertz CT molecular complexity index is 584. The molecule has 0 saturated heterocycles. The number of pyridine rings is 1. The van der Waals surface area contributed by atoms with E-state index in [0.29, 0.717) is 24.6 Å². The van der Waals surface area contributed by atoms with Crippen LogP contribution < -0.4 is 5.32 Å². The van der Waals surface area contributed by atoms with Crippen LogP contribution in [0.25, 0.3) is 10.7 Å². The monoisotopic (exact) mass is 305 g/mol. The summed E-state index contributed by atoms with van der Waals surface area (Å²) in [5, 5.41) is 3.67. The Morgan fingerprint density at radius 2 is 2.29 bits per heavy atom. The molecule has 0 fully saturated rings. The summed E-state index contributed by atoms with van der Waals surface area (Å²) in [7, 11) is 0. The van der Waals surface area contributed by atoms with Crippen molar-refractivity contribution in [2.45, 2.75) is 20.3 Å². The Morgan fingerprint density at radius 3 is 3.00 bits per heavy atom. The lowest BCUT2D eigenvalue weighted by atomic mass is 10.3. The number of thiazole rings is 1. The largest absolute Gasteiger partial charge is 0.382 e. The van der Waals surface area contributed by atoms with Gasteiger partial charge in [0.1, 0.15) is 9.88 Å². The molecule has 0 spiro atoms. The molecule has 0 saturated carbocycles. The molecule has 5 nitrogen and oxygen atoms in total. The lowest BCUT2D eigenvalue weighted by Crippen LogP contribution is -2.25. The van der Waals surface area contributed by atoms with Crippen LogP contribution in [0.2, 0.25) is 0 Å². The first kappa shape index (κ1) is 15.6. The number of carbonyl (C=O) groups excluding carboxylic acids is 1. The first-order valence-corrected chi connectivity index (χ1v) is 7.78. The Kier molecular flexibility index (Phi) is 5.83. The van der Waals surface area contributed by atoms with Crippen LogP contribution in [-0.2, 0) is 4.74 Å². The molecule has 0 bridgehead atoms. The molecule has 6 heteroatoms. The van der Waals surface area contributed by atoms with Gasteiger partial charge < -0.3 is 10.1 Å². The molecule has 0 atom stereocenters. The molecule has 0 aliphatic carbocycles. The average molecular weight is 305 g/mol. The minimum absolute atomic E-state index is 0.0799. The van der Waals surface area contributed by atoms with Crippen LogP contribution in [0.15, 0.2) is 24.4 Å². The topological polar surface area (TPSA) is 64.1 Å². The fourth-order valence-electron chi connectivity index (χ4n) is 1.81. The minimum Gasteiger partial charge on any atom is -0.382 e. The van der Waals surface area contributed by atoms with Crippen molar-refractivity contribution in [2.24, 2.45) is 0 Å². The molecule has 2 aromatic heterocycles. The van der Waals surface area contributed by atoms with E-state index in [9.17, 15) is 4.79 Å². The predicted molar refractivity (Wildman–Crippen MR) is 83.5 cm³/mol. The highest BCUT2D eigenvalue weighted by Gasteiger charge is 2.16. The number of nitrogens with one attached hydrogen (secondary N) is 1. The highest BCUT2D eigenvalue weighted by atomic mass is 32.1. The van der Waals surface area contributed by atoms with Crippen LogP contribution in [0.1, 0.15) is 28.7 Å². The molecule has 2 heterocycles. The summed E-state index contributed by atoms with van der Waals surface area (Å²) < 4.78 is 5.24. The minimum atomic E-state index is -0.0799. The van der Waals surface area contributed by atoms with E-state index in [1.807, 2.05) is 32.0 Å². The number of rotatable bonds is 7. The number of ether oxygens (including phenoxy) is 1. The third-order valence-corrected chi connectivity index (χ3v) is 4.02. The van der Waals surface area contributed by atoms with Gasteiger partial charge in [0.05, 0.1) is 11.4 Å². The molecule has 21 heavy (non-hydrogen) atoms. The smallest absolute Gasteiger partial charge is 0.263 e. The Balaban J connectivity index is 1.97. The number of nitrogens with zero attached hydrogens (tertiary/aromatic N) is 2. The third-order valence-electron chi connectivity index (χ3n) is 2.84. The SMILES string of the molecule is CCOCCCNC(=O)c1sc(-c2ccccn2)nc1C. The molecule has 0 aliphatic heterocycles. The number of amides is 1. The standard InChI is InChI=1S/C15H19N3O2S/c1-3-20-10-6-9-17-14(19)13-11(2)18-15(21-13)12-7-4-5-8-16-12/h4-5,7-8H,3,6,9-10H2,1-2H3,(H,17,19). The second-order valence-corrected chi connectivity index (χ2v) is 5.45. The molecule has 1 N–H and O–H groups in total. The lowest BCUT2D eigenvalue weighted by molar-refractivity contribution is 0.0947. The quantitative estimate of drug-likeness (QED) is 0.799. The fourth-order valence-corrected chi connectivity index (χ4v) is 2.77. The fraction of sp³-hybridized carbons (Fsp3) is 0.400. The summed E-state index contributed by atoms with van der Waals surface area (Å²) in [5.74, 6) is -0.0799. The Labute approximate surface area is 128 Å². The molecule has 2 rings (SSSR count). The van der Waals surface area contributed by atoms with E-state index in [2.05, 4.69) is 15.3 Å². The Morgan fingerprint density at radius 1 is 1.43 bits per heavy atom. The van der Waals surface area contributed by atoms with Crippen molar-refractivity contribution in [3.8, 4) is 10.7 Å². The van der Waals surface area contributed by atoms with Crippen molar-refractivity contribution < 1.29 is 9.53 Å². The van der Waals surface area contributed by atoms with Gasteiger partial charge in [0.15, 0.2) is 0 Å². The van der Waals surface area contributed by atoms with Gasteiger partial charge in [-0.25, -0.2) is 4.98 Å². The van der Waals surface area contributed by atoms with Crippen molar-refractivity contribution >= 4 is 17.2 Å². The maximum absolute atomic E-state index is 12.1. The number of hydrogen-bond acceptors (Lipinski definition) is 5. The number of carbonyl (C=O) groups is 1. The van der Waals surface area contributed by atoms with Gasteiger partial charge in [-0.15, -0.1) is 11.3 Å².